The Morgan fingerprint density at radius 3 is 2.62 bits per heavy atom. The number of nitrogens with zero attached hydrogens (tertiary/aromatic N) is 3. The summed E-state index contributed by atoms with van der Waals surface area (Å²) in [6.45, 7) is -0.499. The van der Waals surface area contributed by atoms with Gasteiger partial charge in [0.25, 0.3) is 0 Å². The van der Waals surface area contributed by atoms with Crippen molar-refractivity contribution < 1.29 is 18.4 Å². The Labute approximate surface area is 146 Å². The predicted octanol–water partition coefficient (Wildman–Crippen LogP) is 2.39. The van der Waals surface area contributed by atoms with Crippen molar-refractivity contribution in [3.8, 4) is 11.5 Å². The van der Waals surface area contributed by atoms with Crippen molar-refractivity contribution in [3.05, 3.63) is 71.0 Å². The highest BCUT2D eigenvalue weighted by atomic mass is 16.5. The highest BCUT2D eigenvalue weighted by Crippen LogP contribution is 2.16. The van der Waals surface area contributed by atoms with Crippen LogP contribution in [0.25, 0.3) is 22.6 Å². The summed E-state index contributed by atoms with van der Waals surface area (Å²) in [6, 6.07) is 16.2. The average Bonchev–Trinajstić information content (AvgIpc) is 3.24. The third kappa shape index (κ3) is 3.25. The molecule has 8 nitrogen and oxygen atoms in total. The van der Waals surface area contributed by atoms with E-state index < -0.39 is 11.7 Å². The van der Waals surface area contributed by atoms with Gasteiger partial charge in [-0.3, -0.25) is 4.79 Å². The van der Waals surface area contributed by atoms with Crippen molar-refractivity contribution in [3.63, 3.8) is 0 Å². The van der Waals surface area contributed by atoms with Gasteiger partial charge in [0.05, 0.1) is 0 Å². The van der Waals surface area contributed by atoms with Crippen LogP contribution in [-0.2, 0) is 22.7 Å². The number of carbonyl (C=O) groups excluding carboxylic acids is 1. The minimum atomic E-state index is -0.734. The Bertz CT molecular complexity index is 1080. The molecule has 0 N–H and O–H groups in total. The standard InChI is InChI=1S/C18H13N3O5/c22-16(24-11-15-19-13-8-4-5-9-14(13)25-15)10-21-18(23)26-17(20-21)12-6-2-1-3-7-12/h1-9H,10-11H2. The molecule has 0 unspecified atom stereocenters. The number of esters is 1. The number of rotatable bonds is 5. The molecule has 4 aromatic rings. The van der Waals surface area contributed by atoms with Crippen molar-refractivity contribution >= 4 is 17.1 Å². The molecule has 0 radical (unpaired) electrons. The Balaban J connectivity index is 1.42. The zero-order valence-electron chi connectivity index (χ0n) is 13.5. The number of ether oxygens (including phenoxy) is 1. The number of fused-ring (bicyclic) bond motifs is 1. The van der Waals surface area contributed by atoms with Crippen LogP contribution in [0.1, 0.15) is 5.89 Å². The minimum absolute atomic E-state index is 0.133. The second-order valence-corrected chi connectivity index (χ2v) is 5.43. The first-order chi connectivity index (χ1) is 12.7. The van der Waals surface area contributed by atoms with E-state index >= 15 is 0 Å². The van der Waals surface area contributed by atoms with Crippen molar-refractivity contribution in [2.75, 3.05) is 0 Å². The van der Waals surface area contributed by atoms with Crippen LogP contribution in [0.15, 0.2) is 68.2 Å². The Kier molecular flexibility index (Phi) is 4.06. The summed E-state index contributed by atoms with van der Waals surface area (Å²) in [6.07, 6.45) is 0. The van der Waals surface area contributed by atoms with E-state index in [1.165, 1.54) is 0 Å². The predicted molar refractivity (Wildman–Crippen MR) is 90.0 cm³/mol. The lowest BCUT2D eigenvalue weighted by Crippen LogP contribution is -2.23. The number of hydrogen-bond acceptors (Lipinski definition) is 7. The lowest BCUT2D eigenvalue weighted by Gasteiger charge is -2.00. The van der Waals surface area contributed by atoms with Crippen molar-refractivity contribution in [2.45, 2.75) is 13.2 Å². The molecule has 2 heterocycles. The molecule has 8 heteroatoms. The van der Waals surface area contributed by atoms with Gasteiger partial charge in [-0.1, -0.05) is 30.3 Å². The van der Waals surface area contributed by atoms with Gasteiger partial charge in [0.1, 0.15) is 12.1 Å². The second kappa shape index (κ2) is 6.67. The van der Waals surface area contributed by atoms with Crippen molar-refractivity contribution in [2.24, 2.45) is 0 Å². The van der Waals surface area contributed by atoms with Gasteiger partial charge in [-0.15, -0.1) is 5.10 Å². The number of para-hydroxylation sites is 2. The first-order valence-corrected chi connectivity index (χ1v) is 7.82. The average molecular weight is 351 g/mol. The van der Waals surface area contributed by atoms with E-state index in [2.05, 4.69) is 10.1 Å². The molecule has 0 spiro atoms. The third-order valence-corrected chi connectivity index (χ3v) is 3.60. The quantitative estimate of drug-likeness (QED) is 0.509. The summed E-state index contributed by atoms with van der Waals surface area (Å²) in [5.74, 6) is -0.968. The molecule has 2 aromatic heterocycles. The maximum atomic E-state index is 12.0. The maximum Gasteiger partial charge on any atom is 0.437 e. The van der Waals surface area contributed by atoms with Gasteiger partial charge in [-0.2, -0.15) is 4.68 Å². The van der Waals surface area contributed by atoms with Crippen molar-refractivity contribution in [1.82, 2.24) is 14.8 Å². The molecule has 4 rings (SSSR count). The molecule has 0 saturated heterocycles. The molecule has 0 amide bonds. The van der Waals surface area contributed by atoms with Gasteiger partial charge < -0.3 is 13.6 Å². The smallest absolute Gasteiger partial charge is 0.437 e. The van der Waals surface area contributed by atoms with E-state index in [1.807, 2.05) is 18.2 Å². The highest BCUT2D eigenvalue weighted by molar-refractivity contribution is 5.72. The monoisotopic (exact) mass is 351 g/mol. The molecular weight excluding hydrogens is 338 g/mol. The van der Waals surface area contributed by atoms with E-state index in [-0.39, 0.29) is 24.9 Å². The van der Waals surface area contributed by atoms with Crippen LogP contribution in [0.2, 0.25) is 0 Å². The van der Waals surface area contributed by atoms with E-state index in [0.29, 0.717) is 16.7 Å². The molecule has 0 aliphatic heterocycles. The molecule has 26 heavy (non-hydrogen) atoms. The normalized spacial score (nSPS) is 10.9. The Hall–Kier alpha value is -3.68. The molecular formula is C18H13N3O5. The first-order valence-electron chi connectivity index (χ1n) is 7.82. The summed E-state index contributed by atoms with van der Waals surface area (Å²) in [5, 5.41) is 4.01. The number of aromatic nitrogens is 3. The topological polar surface area (TPSA) is 100 Å². The fourth-order valence-corrected chi connectivity index (χ4v) is 2.40. The van der Waals surface area contributed by atoms with Crippen LogP contribution in [0.3, 0.4) is 0 Å². The second-order valence-electron chi connectivity index (χ2n) is 5.43. The fraction of sp³-hybridized carbons (Fsp3) is 0.111. The molecule has 2 aromatic carbocycles. The summed E-state index contributed by atoms with van der Waals surface area (Å²) in [5.41, 5.74) is 1.93. The van der Waals surface area contributed by atoms with E-state index in [4.69, 9.17) is 13.6 Å². The molecule has 130 valence electrons. The molecule has 0 bridgehead atoms. The van der Waals surface area contributed by atoms with Crippen LogP contribution in [0.4, 0.5) is 0 Å². The van der Waals surface area contributed by atoms with Gasteiger partial charge in [-0.25, -0.2) is 9.78 Å². The van der Waals surface area contributed by atoms with Crippen LogP contribution >= 0.6 is 0 Å². The van der Waals surface area contributed by atoms with E-state index in [9.17, 15) is 9.59 Å². The zero-order chi connectivity index (χ0) is 17.9. The van der Waals surface area contributed by atoms with Crippen molar-refractivity contribution in [1.29, 1.82) is 0 Å². The Morgan fingerprint density at radius 2 is 1.81 bits per heavy atom. The van der Waals surface area contributed by atoms with Gasteiger partial charge >= 0.3 is 11.7 Å². The molecule has 0 aliphatic carbocycles. The number of carbonyl (C=O) groups is 1. The SMILES string of the molecule is O=C(Cn1nc(-c2ccccc2)oc1=O)OCc1nc2ccccc2o1. The summed E-state index contributed by atoms with van der Waals surface area (Å²) in [4.78, 5) is 28.0. The maximum absolute atomic E-state index is 12.0. The summed E-state index contributed by atoms with van der Waals surface area (Å²) in [7, 11) is 0. The molecule has 0 atom stereocenters. The van der Waals surface area contributed by atoms with E-state index in [0.717, 1.165) is 4.68 Å². The lowest BCUT2D eigenvalue weighted by atomic mass is 10.2. The largest absolute Gasteiger partial charge is 0.454 e. The third-order valence-electron chi connectivity index (χ3n) is 3.60. The van der Waals surface area contributed by atoms with Crippen LogP contribution in [0.5, 0.6) is 0 Å². The highest BCUT2D eigenvalue weighted by Gasteiger charge is 2.15. The number of oxazole rings is 1. The van der Waals surface area contributed by atoms with Crippen LogP contribution in [0, 0.1) is 0 Å². The van der Waals surface area contributed by atoms with Gasteiger partial charge in [0.2, 0.25) is 11.8 Å². The Morgan fingerprint density at radius 1 is 1.04 bits per heavy atom. The van der Waals surface area contributed by atoms with Gasteiger partial charge in [0.15, 0.2) is 12.2 Å². The molecule has 0 saturated carbocycles. The fourth-order valence-electron chi connectivity index (χ4n) is 2.40. The number of hydrogen-bond donors (Lipinski definition) is 0. The van der Waals surface area contributed by atoms with Crippen LogP contribution < -0.4 is 5.76 Å². The van der Waals surface area contributed by atoms with E-state index in [1.54, 1.807) is 36.4 Å². The lowest BCUT2D eigenvalue weighted by molar-refractivity contribution is -0.146. The summed E-state index contributed by atoms with van der Waals surface area (Å²) < 4.78 is 16.5. The first kappa shape index (κ1) is 15.8. The summed E-state index contributed by atoms with van der Waals surface area (Å²) >= 11 is 0. The molecule has 0 fully saturated rings. The van der Waals surface area contributed by atoms with Gasteiger partial charge in [-0.05, 0) is 24.3 Å². The number of benzene rings is 2. The minimum Gasteiger partial charge on any atom is -0.454 e. The zero-order valence-corrected chi connectivity index (χ0v) is 13.5. The van der Waals surface area contributed by atoms with Gasteiger partial charge in [0, 0.05) is 5.56 Å². The van der Waals surface area contributed by atoms with Crippen LogP contribution in [-0.4, -0.2) is 20.7 Å². The molecule has 0 aliphatic rings.